The number of aldehydes is 1. The Morgan fingerprint density at radius 2 is 1.81 bits per heavy atom. The second-order valence-electron chi connectivity index (χ2n) is 7.11. The van der Waals surface area contributed by atoms with Gasteiger partial charge in [0.15, 0.2) is 0 Å². The molecular formula is C25H34N4O2. The molecule has 0 saturated carbocycles. The number of aromatic amines is 1. The number of carbonyl (C=O) groups is 2. The lowest BCUT2D eigenvalue weighted by atomic mass is 9.87. The summed E-state index contributed by atoms with van der Waals surface area (Å²) < 4.78 is 0. The third-order valence-corrected chi connectivity index (χ3v) is 4.99. The average molecular weight is 423 g/mol. The topological polar surface area (TPSA) is 86.9 Å². The molecule has 6 nitrogen and oxygen atoms in total. The molecule has 0 radical (unpaired) electrons. The van der Waals surface area contributed by atoms with Crippen molar-refractivity contribution in [3.63, 3.8) is 0 Å². The van der Waals surface area contributed by atoms with Gasteiger partial charge < -0.3 is 10.6 Å². The van der Waals surface area contributed by atoms with Gasteiger partial charge in [0.2, 0.25) is 5.91 Å². The fourth-order valence-electron chi connectivity index (χ4n) is 2.94. The van der Waals surface area contributed by atoms with Gasteiger partial charge in [-0.25, -0.2) is 0 Å². The van der Waals surface area contributed by atoms with Crippen molar-refractivity contribution >= 4 is 18.0 Å². The van der Waals surface area contributed by atoms with E-state index < -0.39 is 0 Å². The third kappa shape index (κ3) is 8.46. The summed E-state index contributed by atoms with van der Waals surface area (Å²) in [6.45, 7) is 8.03. The molecule has 0 aliphatic rings. The van der Waals surface area contributed by atoms with Crippen LogP contribution in [0.4, 0.5) is 5.82 Å². The predicted molar refractivity (Wildman–Crippen MR) is 128 cm³/mol. The smallest absolute Gasteiger partial charge is 0.246 e. The number of hydrogen-bond acceptors (Lipinski definition) is 4. The molecule has 0 spiro atoms. The second-order valence-corrected chi connectivity index (χ2v) is 7.11. The van der Waals surface area contributed by atoms with Crippen LogP contribution in [-0.4, -0.2) is 36.5 Å². The van der Waals surface area contributed by atoms with Gasteiger partial charge in [-0.1, -0.05) is 49.8 Å². The summed E-state index contributed by atoms with van der Waals surface area (Å²) in [6.07, 6.45) is 6.94. The summed E-state index contributed by atoms with van der Waals surface area (Å²) >= 11 is 0. The Balaban J connectivity index is 0.000000577. The fourth-order valence-corrected chi connectivity index (χ4v) is 2.94. The number of amides is 1. The molecule has 0 aliphatic carbocycles. The molecule has 0 fully saturated rings. The highest BCUT2D eigenvalue weighted by molar-refractivity contribution is 5.95. The normalized spacial score (nSPS) is 13.4. The number of carbonyl (C=O) groups excluding carboxylic acids is 2. The van der Waals surface area contributed by atoms with Gasteiger partial charge in [-0.15, -0.1) is 0 Å². The minimum absolute atomic E-state index is 0.176. The molecule has 1 heterocycles. The van der Waals surface area contributed by atoms with Crippen LogP contribution < -0.4 is 10.6 Å². The van der Waals surface area contributed by atoms with Gasteiger partial charge in [0.1, 0.15) is 12.1 Å². The molecule has 1 aromatic carbocycles. The van der Waals surface area contributed by atoms with Crippen LogP contribution in [0.5, 0.6) is 0 Å². The number of aromatic nitrogens is 2. The molecule has 6 heteroatoms. The molecule has 166 valence electrons. The van der Waals surface area contributed by atoms with Crippen molar-refractivity contribution < 1.29 is 9.59 Å². The molecule has 2 aromatic rings. The standard InChI is InChI=1S/C21H27NO2.C4H7N3/c1-6-15(2)20(17(4)19-10-8-7-9-11-19)13-18(14-23)12-16(3)21(24)22-5;1-5-4-2-3-6-7-4/h7-14,17H,6H2,1-5H3,(H,22,24);2-3H,1H3,(H2,5,6,7)/b16-12+,18-13+,20-15?;. The van der Waals surface area contributed by atoms with Gasteiger partial charge in [0.25, 0.3) is 0 Å². The molecule has 2 rings (SSSR count). The van der Waals surface area contributed by atoms with Crippen LogP contribution in [0.3, 0.4) is 0 Å². The highest BCUT2D eigenvalue weighted by Crippen LogP contribution is 2.29. The van der Waals surface area contributed by atoms with E-state index in [-0.39, 0.29) is 11.8 Å². The van der Waals surface area contributed by atoms with E-state index in [0.29, 0.717) is 11.1 Å². The zero-order valence-corrected chi connectivity index (χ0v) is 19.3. The summed E-state index contributed by atoms with van der Waals surface area (Å²) in [5, 5.41) is 11.9. The number of allylic oxidation sites excluding steroid dienone is 5. The number of anilines is 1. The first-order valence-corrected chi connectivity index (χ1v) is 10.4. The van der Waals surface area contributed by atoms with Crippen LogP contribution in [0.15, 0.2) is 77.0 Å². The molecular weight excluding hydrogens is 388 g/mol. The van der Waals surface area contributed by atoms with Gasteiger partial charge in [-0.05, 0) is 49.6 Å². The molecule has 3 N–H and O–H groups in total. The Bertz CT molecular complexity index is 910. The van der Waals surface area contributed by atoms with E-state index >= 15 is 0 Å². The Morgan fingerprint density at radius 1 is 1.13 bits per heavy atom. The maximum Gasteiger partial charge on any atom is 0.246 e. The van der Waals surface area contributed by atoms with E-state index in [0.717, 1.165) is 24.1 Å². The first-order chi connectivity index (χ1) is 14.9. The molecule has 1 amide bonds. The Hall–Kier alpha value is -3.41. The van der Waals surface area contributed by atoms with Crippen molar-refractivity contribution in [3.05, 3.63) is 82.6 Å². The van der Waals surface area contributed by atoms with Gasteiger partial charge >= 0.3 is 0 Å². The lowest BCUT2D eigenvalue weighted by Gasteiger charge is -2.17. The molecule has 0 saturated heterocycles. The van der Waals surface area contributed by atoms with Crippen LogP contribution in [0.25, 0.3) is 0 Å². The van der Waals surface area contributed by atoms with Crippen molar-refractivity contribution in [2.75, 3.05) is 19.4 Å². The minimum Gasteiger partial charge on any atom is -0.374 e. The monoisotopic (exact) mass is 422 g/mol. The summed E-state index contributed by atoms with van der Waals surface area (Å²) in [4.78, 5) is 23.1. The molecule has 1 atom stereocenters. The highest BCUT2D eigenvalue weighted by Gasteiger charge is 2.13. The maximum atomic E-state index is 11.7. The first kappa shape index (κ1) is 25.6. The number of nitrogens with zero attached hydrogens (tertiary/aromatic N) is 1. The van der Waals surface area contributed by atoms with Crippen molar-refractivity contribution in [1.29, 1.82) is 0 Å². The van der Waals surface area contributed by atoms with Gasteiger partial charge in [0.05, 0.1) is 6.20 Å². The van der Waals surface area contributed by atoms with E-state index in [1.807, 2.05) is 37.4 Å². The van der Waals surface area contributed by atoms with Crippen LogP contribution in [0.1, 0.15) is 45.6 Å². The number of hydrogen-bond donors (Lipinski definition) is 3. The zero-order chi connectivity index (χ0) is 23.2. The number of rotatable bonds is 8. The van der Waals surface area contributed by atoms with Crippen molar-refractivity contribution in [3.8, 4) is 0 Å². The Labute approximate surface area is 185 Å². The highest BCUT2D eigenvalue weighted by atomic mass is 16.1. The quantitative estimate of drug-likeness (QED) is 0.324. The van der Waals surface area contributed by atoms with E-state index in [1.165, 1.54) is 11.1 Å². The van der Waals surface area contributed by atoms with E-state index in [2.05, 4.69) is 53.7 Å². The largest absolute Gasteiger partial charge is 0.374 e. The van der Waals surface area contributed by atoms with Crippen LogP contribution in [0.2, 0.25) is 0 Å². The summed E-state index contributed by atoms with van der Waals surface area (Å²) in [5.41, 5.74) is 4.57. The lowest BCUT2D eigenvalue weighted by molar-refractivity contribution is -0.117. The molecule has 1 aromatic heterocycles. The van der Waals surface area contributed by atoms with Gasteiger partial charge in [-0.2, -0.15) is 5.10 Å². The Kier molecular flexibility index (Phi) is 11.4. The number of benzene rings is 1. The maximum absolute atomic E-state index is 11.7. The predicted octanol–water partition coefficient (Wildman–Crippen LogP) is 4.79. The lowest BCUT2D eigenvalue weighted by Crippen LogP contribution is -2.18. The van der Waals surface area contributed by atoms with Gasteiger partial charge in [0, 0.05) is 31.2 Å². The Morgan fingerprint density at radius 3 is 2.26 bits per heavy atom. The summed E-state index contributed by atoms with van der Waals surface area (Å²) in [5.74, 6) is 0.936. The first-order valence-electron chi connectivity index (χ1n) is 10.4. The van der Waals surface area contributed by atoms with Gasteiger partial charge in [-0.3, -0.25) is 14.7 Å². The van der Waals surface area contributed by atoms with E-state index in [1.54, 1.807) is 26.2 Å². The second kappa shape index (κ2) is 13.7. The minimum atomic E-state index is -0.184. The fraction of sp³-hybridized carbons (Fsp3) is 0.320. The van der Waals surface area contributed by atoms with Crippen LogP contribution in [-0.2, 0) is 9.59 Å². The molecule has 0 bridgehead atoms. The number of likely N-dealkylation sites (N-methyl/N-ethyl adjacent to an activating group) is 1. The van der Waals surface area contributed by atoms with Crippen molar-refractivity contribution in [2.24, 2.45) is 0 Å². The third-order valence-electron chi connectivity index (χ3n) is 4.99. The summed E-state index contributed by atoms with van der Waals surface area (Å²) in [7, 11) is 3.42. The molecule has 0 aliphatic heterocycles. The molecule has 31 heavy (non-hydrogen) atoms. The number of nitrogens with one attached hydrogen (secondary N) is 3. The van der Waals surface area contributed by atoms with Crippen molar-refractivity contribution in [1.82, 2.24) is 15.5 Å². The van der Waals surface area contributed by atoms with E-state index in [9.17, 15) is 9.59 Å². The molecule has 1 unspecified atom stereocenters. The van der Waals surface area contributed by atoms with Crippen LogP contribution >= 0.6 is 0 Å². The average Bonchev–Trinajstić information content (AvgIpc) is 3.35. The summed E-state index contributed by atoms with van der Waals surface area (Å²) in [6, 6.07) is 12.1. The van der Waals surface area contributed by atoms with E-state index in [4.69, 9.17) is 0 Å². The van der Waals surface area contributed by atoms with Crippen molar-refractivity contribution in [2.45, 2.75) is 40.0 Å². The van der Waals surface area contributed by atoms with Crippen LogP contribution in [0, 0.1) is 0 Å². The zero-order valence-electron chi connectivity index (χ0n) is 19.3. The SMILES string of the molecule is CCC(C)=C(/C=C(C=O)\C=C(/C)C(=O)NC)C(C)c1ccccc1.CNc1ccn[nH]1. The number of H-pyrrole nitrogens is 1.